The van der Waals surface area contributed by atoms with Crippen molar-refractivity contribution in [3.8, 4) is 0 Å². The van der Waals surface area contributed by atoms with Crippen LogP contribution >= 0.6 is 0 Å². The summed E-state index contributed by atoms with van der Waals surface area (Å²) in [5.74, 6) is 0.156. The van der Waals surface area contributed by atoms with Crippen LogP contribution < -0.4 is 21.7 Å². The zero-order valence-electron chi connectivity index (χ0n) is 18.2. The molecule has 0 aromatic heterocycles. The van der Waals surface area contributed by atoms with Gasteiger partial charge in [0.1, 0.15) is 5.60 Å². The lowest BCUT2D eigenvalue weighted by atomic mass is 10.1. The fraction of sp³-hybridized carbons (Fsp3) is 0.571. The third-order valence-electron chi connectivity index (χ3n) is 4.03. The van der Waals surface area contributed by atoms with Gasteiger partial charge in [-0.05, 0) is 44.9 Å². The molecule has 8 nitrogen and oxygen atoms in total. The van der Waals surface area contributed by atoms with Gasteiger partial charge in [0, 0.05) is 31.7 Å². The Kier molecular flexibility index (Phi) is 9.99. The van der Waals surface area contributed by atoms with Crippen molar-refractivity contribution in [2.45, 2.75) is 65.1 Å². The fourth-order valence-electron chi connectivity index (χ4n) is 2.60. The maximum Gasteiger partial charge on any atom is 0.407 e. The lowest BCUT2D eigenvalue weighted by Crippen LogP contribution is -2.48. The van der Waals surface area contributed by atoms with Crippen molar-refractivity contribution in [2.24, 2.45) is 10.7 Å². The molecule has 5 N–H and O–H groups in total. The first-order valence-electron chi connectivity index (χ1n) is 9.97. The number of rotatable bonds is 9. The molecule has 0 aliphatic rings. The van der Waals surface area contributed by atoms with Crippen LogP contribution in [0.4, 0.5) is 4.79 Å². The Bertz CT molecular complexity index is 698. The van der Waals surface area contributed by atoms with E-state index < -0.39 is 17.6 Å². The Morgan fingerprint density at radius 2 is 1.97 bits per heavy atom. The largest absolute Gasteiger partial charge is 0.444 e. The normalized spacial score (nSPS) is 12.8. The Morgan fingerprint density at radius 1 is 1.24 bits per heavy atom. The Labute approximate surface area is 173 Å². The summed E-state index contributed by atoms with van der Waals surface area (Å²) in [4.78, 5) is 27.5. The number of alkyl carbamates (subject to hydrolysis) is 1. The van der Waals surface area contributed by atoms with E-state index in [0.717, 1.165) is 24.8 Å². The third-order valence-corrected chi connectivity index (χ3v) is 4.03. The van der Waals surface area contributed by atoms with E-state index in [-0.39, 0.29) is 6.04 Å². The lowest BCUT2D eigenvalue weighted by molar-refractivity contribution is 0.0522. The second-order valence-electron chi connectivity index (χ2n) is 7.86. The monoisotopic (exact) mass is 405 g/mol. The van der Waals surface area contributed by atoms with E-state index in [2.05, 4.69) is 27.9 Å². The zero-order chi connectivity index (χ0) is 21.9. The van der Waals surface area contributed by atoms with Crippen LogP contribution in [0.15, 0.2) is 29.3 Å². The van der Waals surface area contributed by atoms with Gasteiger partial charge in [-0.3, -0.25) is 9.79 Å². The van der Waals surface area contributed by atoms with Crippen molar-refractivity contribution >= 4 is 18.0 Å². The van der Waals surface area contributed by atoms with Crippen molar-refractivity contribution < 1.29 is 14.3 Å². The minimum absolute atomic E-state index is 0.00521. The first kappa shape index (κ1) is 24.3. The molecule has 0 saturated heterocycles. The highest BCUT2D eigenvalue weighted by molar-refractivity contribution is 5.92. The summed E-state index contributed by atoms with van der Waals surface area (Å²) in [5.41, 5.74) is 6.18. The number of aliphatic imine (C=N–C) groups is 1. The maximum absolute atomic E-state index is 11.9. The molecule has 1 atom stereocenters. The lowest BCUT2D eigenvalue weighted by Gasteiger charge is -2.24. The molecule has 0 saturated carbocycles. The molecule has 1 aromatic rings. The van der Waals surface area contributed by atoms with Crippen LogP contribution in [0.2, 0.25) is 0 Å². The molecule has 0 aliphatic heterocycles. The SMILES string of the molecule is CCCCC(CNC(=O)OC(C)(C)C)NC(=NC)NCc1cccc(C(N)=O)c1. The quantitative estimate of drug-likeness (QED) is 0.372. The number of amides is 2. The first-order valence-corrected chi connectivity index (χ1v) is 9.97. The molecule has 8 heteroatoms. The van der Waals surface area contributed by atoms with Gasteiger partial charge in [0.25, 0.3) is 0 Å². The number of benzene rings is 1. The zero-order valence-corrected chi connectivity index (χ0v) is 18.2. The molecule has 1 rings (SSSR count). The molecular formula is C21H35N5O3. The summed E-state index contributed by atoms with van der Waals surface area (Å²) >= 11 is 0. The molecule has 0 radical (unpaired) electrons. The van der Waals surface area contributed by atoms with Crippen molar-refractivity contribution in [1.82, 2.24) is 16.0 Å². The topological polar surface area (TPSA) is 118 Å². The van der Waals surface area contributed by atoms with Crippen LogP contribution in [0.1, 0.15) is 62.9 Å². The summed E-state index contributed by atoms with van der Waals surface area (Å²) in [6.45, 7) is 8.53. The highest BCUT2D eigenvalue weighted by atomic mass is 16.6. The number of hydrogen-bond donors (Lipinski definition) is 4. The minimum atomic E-state index is -0.534. The fourth-order valence-corrected chi connectivity index (χ4v) is 2.60. The molecule has 1 unspecified atom stereocenters. The molecule has 0 aliphatic carbocycles. The summed E-state index contributed by atoms with van der Waals surface area (Å²) in [6.07, 6.45) is 2.51. The number of ether oxygens (including phenoxy) is 1. The number of nitrogens with one attached hydrogen (secondary N) is 3. The van der Waals surface area contributed by atoms with Crippen LogP contribution in [-0.4, -0.2) is 43.2 Å². The second-order valence-corrected chi connectivity index (χ2v) is 7.86. The summed E-state index contributed by atoms with van der Waals surface area (Å²) in [5, 5.41) is 9.38. The third kappa shape index (κ3) is 10.4. The molecule has 2 amide bonds. The van der Waals surface area contributed by atoms with Gasteiger partial charge in [0.05, 0.1) is 0 Å². The van der Waals surface area contributed by atoms with E-state index in [9.17, 15) is 9.59 Å². The van der Waals surface area contributed by atoms with Crippen LogP contribution in [-0.2, 0) is 11.3 Å². The van der Waals surface area contributed by atoms with Gasteiger partial charge in [-0.15, -0.1) is 0 Å². The average Bonchev–Trinajstić information content (AvgIpc) is 2.65. The maximum atomic E-state index is 11.9. The summed E-state index contributed by atoms with van der Waals surface area (Å²) in [6, 6.07) is 7.14. The van der Waals surface area contributed by atoms with Gasteiger partial charge in [-0.25, -0.2) is 4.79 Å². The van der Waals surface area contributed by atoms with Gasteiger partial charge < -0.3 is 26.4 Å². The number of carbonyl (C=O) groups excluding carboxylic acids is 2. The number of primary amides is 1. The summed E-state index contributed by atoms with van der Waals surface area (Å²) in [7, 11) is 1.69. The molecule has 0 heterocycles. The average molecular weight is 406 g/mol. The number of hydrogen-bond acceptors (Lipinski definition) is 4. The standard InChI is InChI=1S/C21H35N5O3/c1-6-7-11-17(14-25-20(28)29-21(2,3)4)26-19(23-5)24-13-15-9-8-10-16(12-15)18(22)27/h8-10,12,17H,6-7,11,13-14H2,1-5H3,(H2,22,27)(H,25,28)(H2,23,24,26). The van der Waals surface area contributed by atoms with Gasteiger partial charge in [-0.2, -0.15) is 0 Å². The number of guanidine groups is 1. The molecule has 0 bridgehead atoms. The van der Waals surface area contributed by atoms with E-state index in [0.29, 0.717) is 24.6 Å². The van der Waals surface area contributed by atoms with Crippen LogP contribution in [0.25, 0.3) is 0 Å². The Morgan fingerprint density at radius 3 is 2.55 bits per heavy atom. The number of nitrogens with zero attached hydrogens (tertiary/aromatic N) is 1. The van der Waals surface area contributed by atoms with Crippen LogP contribution in [0, 0.1) is 0 Å². The molecular weight excluding hydrogens is 370 g/mol. The van der Waals surface area contributed by atoms with Gasteiger partial charge in [0.2, 0.25) is 5.91 Å². The molecule has 0 fully saturated rings. The molecule has 162 valence electrons. The van der Waals surface area contributed by atoms with Crippen molar-refractivity contribution in [3.05, 3.63) is 35.4 Å². The predicted molar refractivity (Wildman–Crippen MR) is 116 cm³/mol. The van der Waals surface area contributed by atoms with Gasteiger partial charge in [-0.1, -0.05) is 31.9 Å². The van der Waals surface area contributed by atoms with Gasteiger partial charge in [0.15, 0.2) is 5.96 Å². The van der Waals surface area contributed by atoms with Crippen LogP contribution in [0.5, 0.6) is 0 Å². The van der Waals surface area contributed by atoms with E-state index in [1.54, 1.807) is 25.2 Å². The number of unbranched alkanes of at least 4 members (excludes halogenated alkanes) is 1. The second kappa shape index (κ2) is 11.9. The molecule has 29 heavy (non-hydrogen) atoms. The van der Waals surface area contributed by atoms with Gasteiger partial charge >= 0.3 is 6.09 Å². The molecule has 1 aromatic carbocycles. The van der Waals surface area contributed by atoms with E-state index in [1.165, 1.54) is 0 Å². The highest BCUT2D eigenvalue weighted by Crippen LogP contribution is 2.07. The smallest absolute Gasteiger partial charge is 0.407 e. The van der Waals surface area contributed by atoms with Crippen molar-refractivity contribution in [2.75, 3.05) is 13.6 Å². The molecule has 0 spiro atoms. The Hall–Kier alpha value is -2.77. The highest BCUT2D eigenvalue weighted by Gasteiger charge is 2.18. The Balaban J connectivity index is 2.64. The number of nitrogens with two attached hydrogens (primary N) is 1. The summed E-state index contributed by atoms with van der Waals surface area (Å²) < 4.78 is 5.30. The predicted octanol–water partition coefficient (Wildman–Crippen LogP) is 2.53. The van der Waals surface area contributed by atoms with Crippen molar-refractivity contribution in [1.29, 1.82) is 0 Å². The minimum Gasteiger partial charge on any atom is -0.444 e. The van der Waals surface area contributed by atoms with E-state index in [4.69, 9.17) is 10.5 Å². The van der Waals surface area contributed by atoms with E-state index in [1.807, 2.05) is 26.8 Å². The van der Waals surface area contributed by atoms with Crippen molar-refractivity contribution in [3.63, 3.8) is 0 Å². The first-order chi connectivity index (χ1) is 13.6. The number of carbonyl (C=O) groups is 2. The van der Waals surface area contributed by atoms with E-state index >= 15 is 0 Å². The van der Waals surface area contributed by atoms with Crippen LogP contribution in [0.3, 0.4) is 0 Å².